The van der Waals surface area contributed by atoms with Crippen LogP contribution < -0.4 is 0 Å². The van der Waals surface area contributed by atoms with Crippen LogP contribution in [0.5, 0.6) is 0 Å². The van der Waals surface area contributed by atoms with E-state index in [1.54, 1.807) is 0 Å². The first-order chi connectivity index (χ1) is 7.73. The van der Waals surface area contributed by atoms with E-state index in [1.165, 1.54) is 0 Å². The van der Waals surface area contributed by atoms with Gasteiger partial charge < -0.3 is 0 Å². The van der Waals surface area contributed by atoms with Crippen LogP contribution in [-0.4, -0.2) is 16.1 Å². The first kappa shape index (κ1) is 12.9. The minimum Gasteiger partial charge on any atom is -0.298 e. The van der Waals surface area contributed by atoms with Gasteiger partial charge in [0, 0.05) is 5.69 Å². The fraction of sp³-hybridized carbons (Fsp3) is 0.692. The van der Waals surface area contributed by atoms with E-state index < -0.39 is 0 Å². The third-order valence-corrected chi connectivity index (χ3v) is 3.20. The van der Waals surface area contributed by atoms with Crippen molar-refractivity contribution in [1.82, 2.24) is 9.78 Å². The Hall–Kier alpha value is -1.12. The molecule has 0 atom stereocenters. The Kier molecular flexibility index (Phi) is 4.71. The van der Waals surface area contributed by atoms with Gasteiger partial charge in [-0.1, -0.05) is 27.7 Å². The zero-order valence-electron chi connectivity index (χ0n) is 10.8. The van der Waals surface area contributed by atoms with Crippen LogP contribution in [0.1, 0.15) is 68.3 Å². The quantitative estimate of drug-likeness (QED) is 0.693. The lowest BCUT2D eigenvalue weighted by Gasteiger charge is -2.16. The van der Waals surface area contributed by atoms with Crippen molar-refractivity contribution in [3.05, 3.63) is 17.0 Å². The summed E-state index contributed by atoms with van der Waals surface area (Å²) in [6.07, 6.45) is 4.79. The second-order valence-corrected chi connectivity index (χ2v) is 4.05. The van der Waals surface area contributed by atoms with Crippen molar-refractivity contribution in [3.8, 4) is 0 Å². The monoisotopic (exact) mass is 222 g/mol. The zero-order valence-corrected chi connectivity index (χ0v) is 10.8. The van der Waals surface area contributed by atoms with Crippen molar-refractivity contribution in [2.75, 3.05) is 0 Å². The minimum absolute atomic E-state index is 0.425. The highest BCUT2D eigenvalue weighted by Crippen LogP contribution is 2.22. The normalized spacial score (nSPS) is 11.1. The molecule has 0 amide bonds. The Bertz CT molecular complexity index is 351. The molecule has 3 heteroatoms. The molecule has 0 radical (unpaired) electrons. The molecule has 0 aromatic carbocycles. The summed E-state index contributed by atoms with van der Waals surface area (Å²) in [6, 6.07) is 0.425. The topological polar surface area (TPSA) is 34.9 Å². The summed E-state index contributed by atoms with van der Waals surface area (Å²) in [5, 5.41) is 4.60. The molecule has 0 bridgehead atoms. The molecule has 0 fully saturated rings. The van der Waals surface area contributed by atoms with E-state index in [4.69, 9.17) is 0 Å². The molecule has 0 spiro atoms. The second-order valence-electron chi connectivity index (χ2n) is 4.05. The molecule has 1 rings (SSSR count). The lowest BCUT2D eigenvalue weighted by molar-refractivity contribution is 0.112. The van der Waals surface area contributed by atoms with Crippen molar-refractivity contribution >= 4 is 6.29 Å². The van der Waals surface area contributed by atoms with Crippen molar-refractivity contribution < 1.29 is 4.79 Å². The van der Waals surface area contributed by atoms with E-state index in [0.29, 0.717) is 6.04 Å². The predicted molar refractivity (Wildman–Crippen MR) is 66.0 cm³/mol. The number of aldehydes is 1. The van der Waals surface area contributed by atoms with Crippen LogP contribution >= 0.6 is 0 Å². The average Bonchev–Trinajstić information content (AvgIpc) is 2.68. The van der Waals surface area contributed by atoms with Crippen LogP contribution in [0.4, 0.5) is 0 Å². The molecule has 1 aromatic heterocycles. The first-order valence-corrected chi connectivity index (χ1v) is 6.28. The van der Waals surface area contributed by atoms with Crippen LogP contribution in [0.3, 0.4) is 0 Å². The van der Waals surface area contributed by atoms with Gasteiger partial charge in [-0.3, -0.25) is 9.48 Å². The highest BCUT2D eigenvalue weighted by molar-refractivity contribution is 5.78. The molecule has 0 saturated carbocycles. The minimum atomic E-state index is 0.425. The maximum atomic E-state index is 11.1. The smallest absolute Gasteiger partial charge is 0.153 e. The van der Waals surface area contributed by atoms with E-state index in [9.17, 15) is 4.79 Å². The van der Waals surface area contributed by atoms with Gasteiger partial charge >= 0.3 is 0 Å². The first-order valence-electron chi connectivity index (χ1n) is 6.28. The van der Waals surface area contributed by atoms with Crippen LogP contribution in [-0.2, 0) is 12.8 Å². The third-order valence-electron chi connectivity index (χ3n) is 3.20. The molecule has 16 heavy (non-hydrogen) atoms. The molecule has 0 aliphatic carbocycles. The maximum Gasteiger partial charge on any atom is 0.153 e. The Balaban J connectivity index is 3.27. The number of nitrogens with zero attached hydrogens (tertiary/aromatic N) is 2. The summed E-state index contributed by atoms with van der Waals surface area (Å²) < 4.78 is 2.07. The van der Waals surface area contributed by atoms with Gasteiger partial charge in [0.25, 0.3) is 0 Å². The predicted octanol–water partition coefficient (Wildman–Crippen LogP) is 3.18. The number of hydrogen-bond acceptors (Lipinski definition) is 2. The molecule has 0 N–H and O–H groups in total. The third kappa shape index (κ3) is 2.18. The van der Waals surface area contributed by atoms with Crippen LogP contribution in [0.25, 0.3) is 0 Å². The summed E-state index contributed by atoms with van der Waals surface area (Å²) in [5.74, 6) is 0. The molecule has 1 aromatic rings. The van der Waals surface area contributed by atoms with Crippen molar-refractivity contribution in [2.45, 2.75) is 59.4 Å². The van der Waals surface area contributed by atoms with E-state index in [2.05, 4.69) is 30.6 Å². The van der Waals surface area contributed by atoms with E-state index >= 15 is 0 Å². The number of rotatable bonds is 6. The Morgan fingerprint density at radius 3 is 2.19 bits per heavy atom. The molecular weight excluding hydrogens is 200 g/mol. The van der Waals surface area contributed by atoms with Gasteiger partial charge in [-0.15, -0.1) is 0 Å². The lowest BCUT2D eigenvalue weighted by atomic mass is 10.1. The van der Waals surface area contributed by atoms with Crippen LogP contribution in [0, 0.1) is 0 Å². The Labute approximate surface area is 97.8 Å². The highest BCUT2D eigenvalue weighted by atomic mass is 16.1. The summed E-state index contributed by atoms with van der Waals surface area (Å²) >= 11 is 0. The molecular formula is C13H22N2O. The lowest BCUT2D eigenvalue weighted by Crippen LogP contribution is -2.12. The molecule has 90 valence electrons. The summed E-state index contributed by atoms with van der Waals surface area (Å²) in [7, 11) is 0. The molecule has 3 nitrogen and oxygen atoms in total. The summed E-state index contributed by atoms with van der Waals surface area (Å²) in [6.45, 7) is 8.47. The van der Waals surface area contributed by atoms with Crippen LogP contribution in [0.2, 0.25) is 0 Å². The number of aryl methyl sites for hydroxylation is 1. The van der Waals surface area contributed by atoms with Gasteiger partial charge in [0.05, 0.1) is 17.3 Å². The number of hydrogen-bond donors (Lipinski definition) is 0. The van der Waals surface area contributed by atoms with Gasteiger partial charge in [0.1, 0.15) is 0 Å². The summed E-state index contributed by atoms with van der Waals surface area (Å²) in [5.41, 5.74) is 2.86. The van der Waals surface area contributed by atoms with E-state index in [1.807, 2.05) is 6.92 Å². The van der Waals surface area contributed by atoms with Gasteiger partial charge in [0.15, 0.2) is 6.29 Å². The fourth-order valence-electron chi connectivity index (χ4n) is 2.22. The SMILES string of the molecule is CCc1nn(C(CC)CC)c(CC)c1C=O. The Morgan fingerprint density at radius 2 is 1.81 bits per heavy atom. The van der Waals surface area contributed by atoms with Gasteiger partial charge in [-0.05, 0) is 25.7 Å². The van der Waals surface area contributed by atoms with Crippen molar-refractivity contribution in [1.29, 1.82) is 0 Å². The maximum absolute atomic E-state index is 11.1. The number of carbonyl (C=O) groups is 1. The molecule has 0 saturated heterocycles. The van der Waals surface area contributed by atoms with Gasteiger partial charge in [-0.25, -0.2) is 0 Å². The van der Waals surface area contributed by atoms with Crippen molar-refractivity contribution in [3.63, 3.8) is 0 Å². The largest absolute Gasteiger partial charge is 0.298 e. The fourth-order valence-corrected chi connectivity index (χ4v) is 2.22. The molecule has 0 aliphatic rings. The van der Waals surface area contributed by atoms with Crippen LogP contribution in [0.15, 0.2) is 0 Å². The van der Waals surface area contributed by atoms with Gasteiger partial charge in [0.2, 0.25) is 0 Å². The molecule has 0 aliphatic heterocycles. The zero-order chi connectivity index (χ0) is 12.1. The van der Waals surface area contributed by atoms with Crippen molar-refractivity contribution in [2.24, 2.45) is 0 Å². The van der Waals surface area contributed by atoms with Gasteiger partial charge in [-0.2, -0.15) is 5.10 Å². The standard InChI is InChI=1S/C13H22N2O/c1-5-10(6-2)15-13(8-4)11(9-16)12(7-3)14-15/h9-10H,5-8H2,1-4H3. The average molecular weight is 222 g/mol. The Morgan fingerprint density at radius 1 is 1.19 bits per heavy atom. The number of carbonyl (C=O) groups excluding carboxylic acids is 1. The highest BCUT2D eigenvalue weighted by Gasteiger charge is 2.18. The number of aromatic nitrogens is 2. The molecule has 1 heterocycles. The summed E-state index contributed by atoms with van der Waals surface area (Å²) in [4.78, 5) is 11.1. The molecule has 0 unspecified atom stereocenters. The second kappa shape index (κ2) is 5.83. The van der Waals surface area contributed by atoms with E-state index in [0.717, 1.165) is 48.9 Å². The van der Waals surface area contributed by atoms with E-state index in [-0.39, 0.29) is 0 Å².